The lowest BCUT2D eigenvalue weighted by molar-refractivity contribution is 0.311. The quantitative estimate of drug-likeness (QED) is 0.847. The topological polar surface area (TPSA) is 21.1 Å². The van der Waals surface area contributed by atoms with Crippen molar-refractivity contribution in [2.24, 2.45) is 0 Å². The molecule has 0 saturated carbocycles. The van der Waals surface area contributed by atoms with E-state index in [-0.39, 0.29) is 0 Å². The van der Waals surface area contributed by atoms with E-state index in [2.05, 4.69) is 51.4 Å². The number of rotatable bonds is 3. The highest BCUT2D eigenvalue weighted by atomic mass is 32.1. The van der Waals surface area contributed by atoms with Crippen LogP contribution in [0.15, 0.2) is 22.9 Å². The molecule has 96 valence electrons. The van der Waals surface area contributed by atoms with Crippen LogP contribution in [0.2, 0.25) is 0 Å². The van der Waals surface area contributed by atoms with Crippen LogP contribution in [0.25, 0.3) is 0 Å². The van der Waals surface area contributed by atoms with E-state index >= 15 is 0 Å². The number of hydrogen-bond acceptors (Lipinski definition) is 3. The highest BCUT2D eigenvalue weighted by Gasteiger charge is 2.25. The molecule has 0 bridgehead atoms. The first-order valence-corrected chi connectivity index (χ1v) is 7.43. The molecule has 0 amide bonds. The molecular weight excluding hydrogens is 242 g/mol. The zero-order valence-electron chi connectivity index (χ0n) is 11.0. The molecular formula is C14H19N3S. The van der Waals surface area contributed by atoms with Gasteiger partial charge in [0.2, 0.25) is 0 Å². The van der Waals surface area contributed by atoms with E-state index in [1.807, 2.05) is 0 Å². The summed E-state index contributed by atoms with van der Waals surface area (Å²) >= 11 is 1.78. The van der Waals surface area contributed by atoms with E-state index in [0.29, 0.717) is 6.04 Å². The zero-order chi connectivity index (χ0) is 12.5. The van der Waals surface area contributed by atoms with Crippen molar-refractivity contribution < 1.29 is 0 Å². The summed E-state index contributed by atoms with van der Waals surface area (Å²) in [7, 11) is 0. The van der Waals surface area contributed by atoms with Crippen LogP contribution in [-0.2, 0) is 6.54 Å². The Labute approximate surface area is 112 Å². The average Bonchev–Trinajstić information content (AvgIpc) is 3.01. The van der Waals surface area contributed by atoms with E-state index in [4.69, 9.17) is 0 Å². The molecule has 3 heterocycles. The van der Waals surface area contributed by atoms with Crippen LogP contribution in [0.5, 0.6) is 0 Å². The standard InChI is InChI=1S/C14H19N3S/c1-11-7-12(2)17(15-11)14-3-5-16(9-14)8-13-4-6-18-10-13/h4,6-7,10,14H,3,5,8-9H2,1-2H3. The Hall–Kier alpha value is -1.13. The summed E-state index contributed by atoms with van der Waals surface area (Å²) in [6, 6.07) is 4.94. The van der Waals surface area contributed by atoms with Gasteiger partial charge in [-0.3, -0.25) is 9.58 Å². The SMILES string of the molecule is Cc1cc(C)n(C2CCN(Cc3ccsc3)C2)n1. The van der Waals surface area contributed by atoms with Crippen LogP contribution < -0.4 is 0 Å². The van der Waals surface area contributed by atoms with Gasteiger partial charge in [-0.1, -0.05) is 0 Å². The molecule has 1 saturated heterocycles. The molecule has 2 aromatic rings. The third-order valence-corrected chi connectivity index (χ3v) is 4.36. The van der Waals surface area contributed by atoms with Gasteiger partial charge in [-0.2, -0.15) is 16.4 Å². The Balaban J connectivity index is 1.66. The van der Waals surface area contributed by atoms with Gasteiger partial charge in [0.15, 0.2) is 0 Å². The number of aryl methyl sites for hydroxylation is 2. The molecule has 18 heavy (non-hydrogen) atoms. The van der Waals surface area contributed by atoms with Crippen molar-refractivity contribution in [3.05, 3.63) is 39.8 Å². The minimum absolute atomic E-state index is 0.553. The Bertz CT molecular complexity index is 515. The normalized spacial score (nSPS) is 20.7. The maximum atomic E-state index is 4.62. The first-order chi connectivity index (χ1) is 8.72. The van der Waals surface area contributed by atoms with Crippen LogP contribution in [0.4, 0.5) is 0 Å². The minimum Gasteiger partial charge on any atom is -0.297 e. The summed E-state index contributed by atoms with van der Waals surface area (Å²) in [5.41, 5.74) is 3.85. The lowest BCUT2D eigenvalue weighted by Gasteiger charge is -2.16. The van der Waals surface area contributed by atoms with Crippen molar-refractivity contribution in [3.63, 3.8) is 0 Å². The van der Waals surface area contributed by atoms with Crippen molar-refractivity contribution in [2.75, 3.05) is 13.1 Å². The Morgan fingerprint density at radius 3 is 3.00 bits per heavy atom. The van der Waals surface area contributed by atoms with Gasteiger partial charge in [-0.25, -0.2) is 0 Å². The molecule has 0 aromatic carbocycles. The molecule has 3 nitrogen and oxygen atoms in total. The first-order valence-electron chi connectivity index (χ1n) is 6.48. The minimum atomic E-state index is 0.553. The van der Waals surface area contributed by atoms with Crippen molar-refractivity contribution in [3.8, 4) is 0 Å². The van der Waals surface area contributed by atoms with Crippen molar-refractivity contribution in [2.45, 2.75) is 32.9 Å². The highest BCUT2D eigenvalue weighted by molar-refractivity contribution is 7.07. The van der Waals surface area contributed by atoms with Gasteiger partial charge in [-0.15, -0.1) is 0 Å². The number of likely N-dealkylation sites (tertiary alicyclic amines) is 1. The molecule has 1 unspecified atom stereocenters. The van der Waals surface area contributed by atoms with E-state index in [0.717, 1.165) is 18.8 Å². The van der Waals surface area contributed by atoms with E-state index in [9.17, 15) is 0 Å². The van der Waals surface area contributed by atoms with Crippen LogP contribution in [0.3, 0.4) is 0 Å². The molecule has 1 aliphatic heterocycles. The largest absolute Gasteiger partial charge is 0.297 e. The molecule has 0 N–H and O–H groups in total. The number of aromatic nitrogens is 2. The van der Waals surface area contributed by atoms with Gasteiger partial charge in [0, 0.05) is 25.3 Å². The Morgan fingerprint density at radius 1 is 1.44 bits per heavy atom. The number of hydrogen-bond donors (Lipinski definition) is 0. The second-order valence-electron chi connectivity index (χ2n) is 5.18. The third kappa shape index (κ3) is 2.35. The fraction of sp³-hybridized carbons (Fsp3) is 0.500. The summed E-state index contributed by atoms with van der Waals surface area (Å²) < 4.78 is 2.21. The van der Waals surface area contributed by atoms with Gasteiger partial charge < -0.3 is 0 Å². The van der Waals surface area contributed by atoms with Crippen LogP contribution in [-0.4, -0.2) is 27.8 Å². The maximum Gasteiger partial charge on any atom is 0.0661 e. The second-order valence-corrected chi connectivity index (χ2v) is 5.96. The Morgan fingerprint density at radius 2 is 2.33 bits per heavy atom. The smallest absolute Gasteiger partial charge is 0.0661 e. The highest BCUT2D eigenvalue weighted by Crippen LogP contribution is 2.24. The molecule has 1 fully saturated rings. The van der Waals surface area contributed by atoms with Crippen molar-refractivity contribution >= 4 is 11.3 Å². The summed E-state index contributed by atoms with van der Waals surface area (Å²) in [6.45, 7) is 7.61. The average molecular weight is 261 g/mol. The van der Waals surface area contributed by atoms with Gasteiger partial charge in [0.05, 0.1) is 11.7 Å². The molecule has 0 spiro atoms. The predicted octanol–water partition coefficient (Wildman–Crippen LogP) is 3.01. The molecule has 4 heteroatoms. The molecule has 1 aliphatic rings. The molecule has 2 aromatic heterocycles. The monoisotopic (exact) mass is 261 g/mol. The number of thiophene rings is 1. The molecule has 0 aliphatic carbocycles. The molecule has 3 rings (SSSR count). The zero-order valence-corrected chi connectivity index (χ0v) is 11.8. The van der Waals surface area contributed by atoms with Crippen molar-refractivity contribution in [1.29, 1.82) is 0 Å². The molecule has 0 radical (unpaired) electrons. The van der Waals surface area contributed by atoms with E-state index in [1.165, 1.54) is 24.2 Å². The summed E-state index contributed by atoms with van der Waals surface area (Å²) in [5, 5.41) is 9.02. The van der Waals surface area contributed by atoms with Crippen molar-refractivity contribution in [1.82, 2.24) is 14.7 Å². The van der Waals surface area contributed by atoms with E-state index in [1.54, 1.807) is 11.3 Å². The van der Waals surface area contributed by atoms with Crippen LogP contribution in [0.1, 0.15) is 29.4 Å². The van der Waals surface area contributed by atoms with Gasteiger partial charge in [-0.05, 0) is 48.7 Å². The van der Waals surface area contributed by atoms with Crippen LogP contribution in [0, 0.1) is 13.8 Å². The van der Waals surface area contributed by atoms with Gasteiger partial charge >= 0.3 is 0 Å². The summed E-state index contributed by atoms with van der Waals surface area (Å²) in [6.07, 6.45) is 1.21. The fourth-order valence-electron chi connectivity index (χ4n) is 2.81. The van der Waals surface area contributed by atoms with Gasteiger partial charge in [0.1, 0.15) is 0 Å². The molecule has 1 atom stereocenters. The Kier molecular flexibility index (Phi) is 3.22. The second kappa shape index (κ2) is 4.86. The third-order valence-electron chi connectivity index (χ3n) is 3.62. The van der Waals surface area contributed by atoms with Crippen LogP contribution >= 0.6 is 11.3 Å². The summed E-state index contributed by atoms with van der Waals surface area (Å²) in [5.74, 6) is 0. The fourth-order valence-corrected chi connectivity index (χ4v) is 3.47. The lowest BCUT2D eigenvalue weighted by Crippen LogP contribution is -2.21. The summed E-state index contributed by atoms with van der Waals surface area (Å²) in [4.78, 5) is 2.53. The maximum absolute atomic E-state index is 4.62. The van der Waals surface area contributed by atoms with E-state index < -0.39 is 0 Å². The first kappa shape index (κ1) is 11.9. The lowest BCUT2D eigenvalue weighted by atomic mass is 10.2. The predicted molar refractivity (Wildman–Crippen MR) is 75.0 cm³/mol. The number of nitrogens with zero attached hydrogens (tertiary/aromatic N) is 3. The van der Waals surface area contributed by atoms with Gasteiger partial charge in [0.25, 0.3) is 0 Å².